The van der Waals surface area contributed by atoms with Gasteiger partial charge >= 0.3 is 5.97 Å². The highest BCUT2D eigenvalue weighted by atomic mass is 17.1. The smallest absolute Gasteiger partial charge is 0.378 e. The van der Waals surface area contributed by atoms with Crippen molar-refractivity contribution in [1.29, 1.82) is 0 Å². The average Bonchev–Trinajstić information content (AvgIpc) is 3.43. The van der Waals surface area contributed by atoms with Gasteiger partial charge < -0.3 is 20.2 Å². The van der Waals surface area contributed by atoms with Crippen LogP contribution in [0.3, 0.4) is 0 Å². The molecule has 0 atom stereocenters. The summed E-state index contributed by atoms with van der Waals surface area (Å²) in [5, 5.41) is 34.0. The first-order chi connectivity index (χ1) is 20.4. The number of hydrogen-bond donors (Lipinski definition) is 4. The number of amides is 2. The molecule has 4 N–H and O–H groups in total. The van der Waals surface area contributed by atoms with Gasteiger partial charge in [0.05, 0.1) is 5.56 Å². The second-order valence-electron chi connectivity index (χ2n) is 8.76. The number of benzene rings is 4. The standard InChI is InChI=1S/C30H20N4O8/c35-15-24-25(23(16-41-24)30(39)42-40)33-34-26-21-12-11-17(28(37)31-19-7-3-1-4-8-19)13-18(21)14-22(27(26)36)29(38)32-20-9-5-2-6-10-20/h1-16,36,40H,(H,31,37)(H,32,38)/b34-33+. The van der Waals surface area contributed by atoms with Crippen LogP contribution in [0.5, 0.6) is 5.75 Å². The number of carbonyl (C=O) groups excluding carboxylic acids is 4. The number of phenolic OH excluding ortho intramolecular Hbond substituents is 1. The topological polar surface area (TPSA) is 180 Å². The SMILES string of the molecule is O=Cc1occ(C(=O)OO)c1/N=N/c1c(O)c(C(=O)Nc2ccccc2)cc2cc(C(=O)Nc3ccccc3)ccc12. The van der Waals surface area contributed by atoms with Crippen molar-refractivity contribution >= 4 is 57.6 Å². The Morgan fingerprint density at radius 3 is 2.02 bits per heavy atom. The van der Waals surface area contributed by atoms with E-state index in [-0.39, 0.29) is 34.2 Å². The van der Waals surface area contributed by atoms with Crippen molar-refractivity contribution in [3.05, 3.63) is 114 Å². The molecule has 208 valence electrons. The molecule has 1 heterocycles. The lowest BCUT2D eigenvalue weighted by Gasteiger charge is -2.12. The number of aromatic hydroxyl groups is 1. The van der Waals surface area contributed by atoms with Crippen molar-refractivity contribution in [3.63, 3.8) is 0 Å². The number of furan rings is 1. The normalized spacial score (nSPS) is 10.9. The van der Waals surface area contributed by atoms with Gasteiger partial charge in [0.1, 0.15) is 23.2 Å². The highest BCUT2D eigenvalue weighted by Gasteiger charge is 2.23. The third-order valence-electron chi connectivity index (χ3n) is 6.11. The maximum Gasteiger partial charge on any atom is 0.378 e. The Kier molecular flexibility index (Phi) is 7.80. The molecule has 0 unspecified atom stereocenters. The van der Waals surface area contributed by atoms with Gasteiger partial charge in [0.2, 0.25) is 0 Å². The Balaban J connectivity index is 1.62. The van der Waals surface area contributed by atoms with Gasteiger partial charge in [-0.2, -0.15) is 5.26 Å². The number of nitrogens with one attached hydrogen (secondary N) is 2. The van der Waals surface area contributed by atoms with Crippen LogP contribution in [0.1, 0.15) is 41.6 Å². The molecule has 2 amide bonds. The number of phenols is 1. The lowest BCUT2D eigenvalue weighted by atomic mass is 10.0. The fourth-order valence-corrected chi connectivity index (χ4v) is 4.08. The largest absolute Gasteiger partial charge is 0.505 e. The summed E-state index contributed by atoms with van der Waals surface area (Å²) in [5.41, 5.74) is 0.0946. The predicted molar refractivity (Wildman–Crippen MR) is 151 cm³/mol. The highest BCUT2D eigenvalue weighted by Crippen LogP contribution is 2.41. The first kappa shape index (κ1) is 27.4. The van der Waals surface area contributed by atoms with Gasteiger partial charge in [-0.25, -0.2) is 4.79 Å². The van der Waals surface area contributed by atoms with Gasteiger partial charge in [0.25, 0.3) is 11.8 Å². The van der Waals surface area contributed by atoms with Crippen molar-refractivity contribution in [3.8, 4) is 5.75 Å². The number of para-hydroxylation sites is 2. The summed E-state index contributed by atoms with van der Waals surface area (Å²) in [4.78, 5) is 53.3. The quantitative estimate of drug-likeness (QED) is 0.0713. The number of azo groups is 1. The number of anilines is 2. The Labute approximate surface area is 236 Å². The average molecular weight is 565 g/mol. The van der Waals surface area contributed by atoms with Gasteiger partial charge in [0, 0.05) is 22.3 Å². The van der Waals surface area contributed by atoms with Crippen molar-refractivity contribution in [2.75, 3.05) is 10.6 Å². The van der Waals surface area contributed by atoms with Crippen LogP contribution in [0.15, 0.2) is 106 Å². The minimum absolute atomic E-state index is 0.196. The highest BCUT2D eigenvalue weighted by molar-refractivity contribution is 6.13. The Morgan fingerprint density at radius 2 is 1.40 bits per heavy atom. The van der Waals surface area contributed by atoms with E-state index in [0.29, 0.717) is 16.8 Å². The molecule has 0 aliphatic carbocycles. The first-order valence-electron chi connectivity index (χ1n) is 12.3. The summed E-state index contributed by atoms with van der Waals surface area (Å²) in [6, 6.07) is 23.2. The minimum atomic E-state index is -1.26. The van der Waals surface area contributed by atoms with Crippen LogP contribution < -0.4 is 10.6 Å². The van der Waals surface area contributed by atoms with Gasteiger partial charge in [-0.05, 0) is 47.9 Å². The minimum Gasteiger partial charge on any atom is -0.505 e. The summed E-state index contributed by atoms with van der Waals surface area (Å²) in [5.74, 6) is -3.34. The van der Waals surface area contributed by atoms with Crippen molar-refractivity contribution in [1.82, 2.24) is 0 Å². The summed E-state index contributed by atoms with van der Waals surface area (Å²) in [7, 11) is 0. The number of hydrogen-bond acceptors (Lipinski definition) is 10. The van der Waals surface area contributed by atoms with Crippen LogP contribution in [0.4, 0.5) is 22.7 Å². The molecule has 0 aliphatic rings. The zero-order valence-electron chi connectivity index (χ0n) is 21.5. The molecule has 5 aromatic rings. The molecular formula is C30H20N4O8. The number of nitrogens with zero attached hydrogens (tertiary/aromatic N) is 2. The molecule has 5 rings (SSSR count). The van der Waals surface area contributed by atoms with E-state index in [1.807, 2.05) is 6.07 Å². The van der Waals surface area contributed by atoms with E-state index < -0.39 is 34.9 Å². The van der Waals surface area contributed by atoms with E-state index in [1.54, 1.807) is 54.6 Å². The zero-order chi connectivity index (χ0) is 29.6. The van der Waals surface area contributed by atoms with Crippen LogP contribution in [0.25, 0.3) is 10.8 Å². The number of fused-ring (bicyclic) bond motifs is 1. The second kappa shape index (κ2) is 11.9. The molecule has 4 aromatic carbocycles. The van der Waals surface area contributed by atoms with E-state index in [2.05, 4.69) is 25.7 Å². The molecule has 0 saturated heterocycles. The van der Waals surface area contributed by atoms with Crippen molar-refractivity contribution in [2.24, 2.45) is 10.2 Å². The van der Waals surface area contributed by atoms with Crippen molar-refractivity contribution in [2.45, 2.75) is 0 Å². The van der Waals surface area contributed by atoms with Gasteiger partial charge in [0.15, 0.2) is 17.8 Å². The molecule has 12 heteroatoms. The lowest BCUT2D eigenvalue weighted by Crippen LogP contribution is -2.13. The van der Waals surface area contributed by atoms with Gasteiger partial charge in [-0.1, -0.05) is 42.5 Å². The molecular weight excluding hydrogens is 544 g/mol. The van der Waals surface area contributed by atoms with E-state index in [4.69, 9.17) is 9.67 Å². The third kappa shape index (κ3) is 5.59. The molecule has 0 radical (unpaired) electrons. The van der Waals surface area contributed by atoms with E-state index >= 15 is 0 Å². The monoisotopic (exact) mass is 564 g/mol. The van der Waals surface area contributed by atoms with Crippen LogP contribution >= 0.6 is 0 Å². The molecule has 42 heavy (non-hydrogen) atoms. The van der Waals surface area contributed by atoms with Crippen LogP contribution in [0.2, 0.25) is 0 Å². The van der Waals surface area contributed by atoms with Crippen LogP contribution in [-0.2, 0) is 4.89 Å². The number of rotatable bonds is 8. The van der Waals surface area contributed by atoms with E-state index in [1.165, 1.54) is 24.3 Å². The summed E-state index contributed by atoms with van der Waals surface area (Å²) in [6.07, 6.45) is 1.11. The van der Waals surface area contributed by atoms with E-state index in [0.717, 1.165) is 6.26 Å². The molecule has 0 saturated carbocycles. The van der Waals surface area contributed by atoms with Gasteiger partial charge in [-0.15, -0.1) is 10.2 Å². The van der Waals surface area contributed by atoms with Gasteiger partial charge in [-0.3, -0.25) is 19.3 Å². The molecule has 0 spiro atoms. The fourth-order valence-electron chi connectivity index (χ4n) is 4.08. The summed E-state index contributed by atoms with van der Waals surface area (Å²) >= 11 is 0. The summed E-state index contributed by atoms with van der Waals surface area (Å²) < 4.78 is 4.99. The zero-order valence-corrected chi connectivity index (χ0v) is 21.5. The molecule has 0 aliphatic heterocycles. The molecule has 0 bridgehead atoms. The Hall–Kier alpha value is -6.14. The number of carbonyl (C=O) groups is 4. The maximum absolute atomic E-state index is 13.2. The lowest BCUT2D eigenvalue weighted by molar-refractivity contribution is -0.182. The molecule has 12 nitrogen and oxygen atoms in total. The molecule has 0 fully saturated rings. The van der Waals surface area contributed by atoms with Crippen molar-refractivity contribution < 1.29 is 38.8 Å². The Morgan fingerprint density at radius 1 is 0.786 bits per heavy atom. The third-order valence-corrected chi connectivity index (χ3v) is 6.11. The predicted octanol–water partition coefficient (Wildman–Crippen LogP) is 6.50. The van der Waals surface area contributed by atoms with Crippen LogP contribution in [0, 0.1) is 0 Å². The Bertz CT molecular complexity index is 1850. The van der Waals surface area contributed by atoms with Crippen LogP contribution in [-0.4, -0.2) is 34.4 Å². The summed E-state index contributed by atoms with van der Waals surface area (Å²) in [6.45, 7) is 0. The first-order valence-corrected chi connectivity index (χ1v) is 12.3. The second-order valence-corrected chi connectivity index (χ2v) is 8.76. The fraction of sp³-hybridized carbons (Fsp3) is 0. The molecule has 1 aromatic heterocycles. The maximum atomic E-state index is 13.2. The number of aldehydes is 1. The van der Waals surface area contributed by atoms with E-state index in [9.17, 15) is 24.3 Å².